The maximum Gasteiger partial charge on any atom is -0.00268 e. The molecule has 17 heavy (non-hydrogen) atoms. The van der Waals surface area contributed by atoms with Gasteiger partial charge in [0.2, 0.25) is 0 Å². The van der Waals surface area contributed by atoms with Crippen LogP contribution in [0.15, 0.2) is 49.0 Å². The van der Waals surface area contributed by atoms with Crippen molar-refractivity contribution in [3.8, 4) is 0 Å². The molecule has 0 nitrogen and oxygen atoms in total. The van der Waals surface area contributed by atoms with Crippen LogP contribution in [-0.4, -0.2) is 0 Å². The minimum atomic E-state index is 0.973. The van der Waals surface area contributed by atoms with Gasteiger partial charge in [0.05, 0.1) is 0 Å². The Morgan fingerprint density at radius 2 is 1.59 bits per heavy atom. The Morgan fingerprint density at radius 3 is 2.41 bits per heavy atom. The maximum absolute atomic E-state index is 4.18. The highest BCUT2D eigenvalue weighted by molar-refractivity contribution is 6.14. The van der Waals surface area contributed by atoms with Gasteiger partial charge in [-0.3, -0.25) is 0 Å². The number of hydrogen-bond acceptors (Lipinski definition) is 0. The topological polar surface area (TPSA) is 0 Å². The molecule has 0 aliphatic heterocycles. The van der Waals surface area contributed by atoms with Crippen LogP contribution in [-0.2, 0) is 0 Å². The second kappa shape index (κ2) is 2.98. The van der Waals surface area contributed by atoms with E-state index in [0.717, 1.165) is 6.42 Å². The van der Waals surface area contributed by atoms with Gasteiger partial charge >= 0.3 is 0 Å². The molecule has 0 atom stereocenters. The third-order valence-electron chi connectivity index (χ3n) is 3.76. The van der Waals surface area contributed by atoms with Crippen LogP contribution in [0.25, 0.3) is 33.2 Å². The highest BCUT2D eigenvalue weighted by Gasteiger charge is 2.12. The summed E-state index contributed by atoms with van der Waals surface area (Å²) in [5, 5.41) is 6.78. The van der Waals surface area contributed by atoms with Crippen molar-refractivity contribution in [1.29, 1.82) is 0 Å². The average Bonchev–Trinajstić information content (AvgIpc) is 2.38. The van der Waals surface area contributed by atoms with Crippen molar-refractivity contribution in [1.82, 2.24) is 0 Å². The van der Waals surface area contributed by atoms with Crippen molar-refractivity contribution < 1.29 is 0 Å². The lowest BCUT2D eigenvalue weighted by Gasteiger charge is -2.16. The van der Waals surface area contributed by atoms with Crippen molar-refractivity contribution in [3.05, 3.63) is 59.8 Å². The van der Waals surface area contributed by atoms with Crippen LogP contribution in [0.4, 0.5) is 0 Å². The quantitative estimate of drug-likeness (QED) is 0.534. The Labute approximate surface area is 99.9 Å². The van der Waals surface area contributed by atoms with E-state index in [0.29, 0.717) is 0 Å². The summed E-state index contributed by atoms with van der Waals surface area (Å²) in [6.45, 7) is 4.18. The fourth-order valence-corrected chi connectivity index (χ4v) is 2.92. The average molecular weight is 216 g/mol. The molecule has 1 aliphatic carbocycles. The molecule has 0 fully saturated rings. The second-order valence-corrected chi connectivity index (χ2v) is 4.73. The van der Waals surface area contributed by atoms with Gasteiger partial charge in [-0.1, -0.05) is 55.1 Å². The lowest BCUT2D eigenvalue weighted by atomic mass is 9.88. The summed E-state index contributed by atoms with van der Waals surface area (Å²) >= 11 is 0. The molecule has 0 saturated carbocycles. The van der Waals surface area contributed by atoms with Crippen LogP contribution in [0.2, 0.25) is 0 Å². The molecule has 3 aromatic carbocycles. The fraction of sp³-hybridized carbons (Fsp3) is 0.0588. The number of hydrogen-bond donors (Lipinski definition) is 0. The summed E-state index contributed by atoms with van der Waals surface area (Å²) in [6.07, 6.45) is 3.26. The van der Waals surface area contributed by atoms with E-state index in [1.807, 2.05) is 0 Å². The first-order chi connectivity index (χ1) is 8.34. The summed E-state index contributed by atoms with van der Waals surface area (Å²) in [7, 11) is 0. The van der Waals surface area contributed by atoms with E-state index >= 15 is 0 Å². The normalized spacial score (nSPS) is 14.2. The largest absolute Gasteiger partial charge is 0.0949 e. The van der Waals surface area contributed by atoms with E-state index in [1.165, 1.54) is 37.9 Å². The summed E-state index contributed by atoms with van der Waals surface area (Å²) in [4.78, 5) is 0. The Balaban J connectivity index is 2.44. The Hall–Kier alpha value is -2.08. The van der Waals surface area contributed by atoms with Gasteiger partial charge in [0.1, 0.15) is 0 Å². The Bertz CT molecular complexity index is 806. The zero-order valence-corrected chi connectivity index (χ0v) is 9.53. The van der Waals surface area contributed by atoms with Crippen molar-refractivity contribution in [2.45, 2.75) is 6.42 Å². The fourth-order valence-electron chi connectivity index (χ4n) is 2.92. The molecule has 0 heterocycles. The highest BCUT2D eigenvalue weighted by atomic mass is 14.2. The van der Waals surface area contributed by atoms with Gasteiger partial charge in [0.25, 0.3) is 0 Å². The SMILES string of the molecule is C=C1CC=c2ccc3cccc4ccc1c2c43. The predicted molar refractivity (Wildman–Crippen MR) is 74.8 cm³/mol. The molecule has 80 valence electrons. The van der Waals surface area contributed by atoms with Crippen molar-refractivity contribution in [2.75, 3.05) is 0 Å². The third kappa shape index (κ3) is 1.07. The number of rotatable bonds is 0. The van der Waals surface area contributed by atoms with Crippen LogP contribution >= 0.6 is 0 Å². The standard InChI is InChI=1S/C17H12/c1-11-5-6-14-8-7-12-3-2-4-13-9-10-15(11)17(14)16(12)13/h2-4,6-10H,1,5H2. The molecule has 0 radical (unpaired) electrons. The van der Waals surface area contributed by atoms with Crippen LogP contribution in [0, 0.1) is 0 Å². The van der Waals surface area contributed by atoms with Gasteiger partial charge in [-0.2, -0.15) is 0 Å². The molecular weight excluding hydrogens is 204 g/mol. The van der Waals surface area contributed by atoms with Crippen molar-refractivity contribution in [3.63, 3.8) is 0 Å². The summed E-state index contributed by atoms with van der Waals surface area (Å²) in [5.74, 6) is 0. The van der Waals surface area contributed by atoms with E-state index in [2.05, 4.69) is 55.1 Å². The summed E-state index contributed by atoms with van der Waals surface area (Å²) in [5.41, 5.74) is 2.56. The van der Waals surface area contributed by atoms with E-state index in [1.54, 1.807) is 0 Å². The third-order valence-corrected chi connectivity index (χ3v) is 3.76. The molecule has 0 bridgehead atoms. The number of benzene rings is 3. The van der Waals surface area contributed by atoms with Crippen LogP contribution in [0.1, 0.15) is 12.0 Å². The van der Waals surface area contributed by atoms with Crippen LogP contribution in [0.3, 0.4) is 0 Å². The lowest BCUT2D eigenvalue weighted by molar-refractivity contribution is 1.44. The highest BCUT2D eigenvalue weighted by Crippen LogP contribution is 2.32. The number of allylic oxidation sites excluding steroid dienone is 1. The van der Waals surface area contributed by atoms with Crippen molar-refractivity contribution in [2.24, 2.45) is 0 Å². The Kier molecular flexibility index (Phi) is 1.58. The van der Waals surface area contributed by atoms with Gasteiger partial charge in [-0.05, 0) is 44.3 Å². The summed E-state index contributed by atoms with van der Waals surface area (Å²) in [6, 6.07) is 15.4. The van der Waals surface area contributed by atoms with Gasteiger partial charge in [0.15, 0.2) is 0 Å². The smallest absolute Gasteiger partial charge is 0.00268 e. The first-order valence-corrected chi connectivity index (χ1v) is 5.97. The molecule has 4 rings (SSSR count). The van der Waals surface area contributed by atoms with Gasteiger partial charge in [-0.15, -0.1) is 0 Å². The van der Waals surface area contributed by atoms with Crippen molar-refractivity contribution >= 4 is 33.2 Å². The van der Waals surface area contributed by atoms with E-state index in [4.69, 9.17) is 0 Å². The molecule has 3 aromatic rings. The monoisotopic (exact) mass is 216 g/mol. The van der Waals surface area contributed by atoms with Gasteiger partial charge in [0, 0.05) is 0 Å². The van der Waals surface area contributed by atoms with E-state index in [-0.39, 0.29) is 0 Å². The maximum atomic E-state index is 4.18. The van der Waals surface area contributed by atoms with E-state index < -0.39 is 0 Å². The molecular formula is C17H12. The molecule has 0 unspecified atom stereocenters. The Morgan fingerprint density at radius 1 is 0.824 bits per heavy atom. The molecule has 0 saturated heterocycles. The first-order valence-electron chi connectivity index (χ1n) is 5.97. The zero-order chi connectivity index (χ0) is 11.4. The molecule has 0 aromatic heterocycles. The molecule has 0 heteroatoms. The molecule has 0 amide bonds. The lowest BCUT2D eigenvalue weighted by Crippen LogP contribution is -2.08. The second-order valence-electron chi connectivity index (χ2n) is 4.73. The zero-order valence-electron chi connectivity index (χ0n) is 9.53. The molecule has 0 spiro atoms. The van der Waals surface area contributed by atoms with Gasteiger partial charge in [-0.25, -0.2) is 0 Å². The first kappa shape index (κ1) is 9.00. The van der Waals surface area contributed by atoms with E-state index in [9.17, 15) is 0 Å². The molecule has 1 aliphatic rings. The predicted octanol–water partition coefficient (Wildman–Crippen LogP) is 3.91. The minimum absolute atomic E-state index is 0.973. The summed E-state index contributed by atoms with van der Waals surface area (Å²) < 4.78 is 0. The van der Waals surface area contributed by atoms with Crippen LogP contribution < -0.4 is 5.22 Å². The van der Waals surface area contributed by atoms with Gasteiger partial charge < -0.3 is 0 Å². The molecule has 0 N–H and O–H groups in total. The minimum Gasteiger partial charge on any atom is -0.0949 e. The van der Waals surface area contributed by atoms with Crippen LogP contribution in [0.5, 0.6) is 0 Å².